The average Bonchev–Trinajstić information content (AvgIpc) is 3.49. The zero-order chi connectivity index (χ0) is 34.8. The summed E-state index contributed by atoms with van der Waals surface area (Å²) in [5, 5.41) is 6.98. The van der Waals surface area contributed by atoms with Gasteiger partial charge < -0.3 is 30.8 Å². The number of nitrogens with one attached hydrogen (secondary N) is 3. The minimum Gasteiger partial charge on any atom is -0.465 e. The van der Waals surface area contributed by atoms with Crippen LogP contribution in [0, 0.1) is 5.92 Å². The Hall–Kier alpha value is -4.22. The minimum absolute atomic E-state index is 0.216. The largest absolute Gasteiger partial charge is 0.465 e. The number of hydrogen-bond acceptors (Lipinski definition) is 8. The van der Waals surface area contributed by atoms with Crippen molar-refractivity contribution in [3.63, 3.8) is 0 Å². The summed E-state index contributed by atoms with van der Waals surface area (Å²) in [7, 11) is 1.36. The topological polar surface area (TPSA) is 156 Å². The van der Waals surface area contributed by atoms with Crippen molar-refractivity contribution in [2.24, 2.45) is 11.7 Å². The Bertz CT molecular complexity index is 1560. The fraction of sp³-hybridized carbons (Fsp3) is 0.514. The average molecular weight is 662 g/mol. The van der Waals surface area contributed by atoms with Gasteiger partial charge in [0.25, 0.3) is 0 Å². The summed E-state index contributed by atoms with van der Waals surface area (Å²) in [5.41, 5.74) is 8.23. The number of unbranched alkanes of at least 4 members (excludes halogenated alkanes) is 1. The lowest BCUT2D eigenvalue weighted by Gasteiger charge is -2.34. The molecule has 48 heavy (non-hydrogen) atoms. The second kappa shape index (κ2) is 16.7. The molecule has 4 atom stereocenters. The third kappa shape index (κ3) is 9.90. The molecule has 0 aliphatic carbocycles. The van der Waals surface area contributed by atoms with Crippen molar-refractivity contribution < 1.29 is 28.7 Å². The summed E-state index contributed by atoms with van der Waals surface area (Å²) < 4.78 is 10.5. The molecule has 4 rings (SSSR count). The number of likely N-dealkylation sites (tertiary alicyclic amines) is 1. The number of fused-ring (bicyclic) bond motifs is 1. The fourth-order valence-corrected chi connectivity index (χ4v) is 6.30. The first kappa shape index (κ1) is 36.6. The van der Waals surface area contributed by atoms with Crippen molar-refractivity contribution in [3.8, 4) is 0 Å². The van der Waals surface area contributed by atoms with Crippen LogP contribution >= 0.6 is 0 Å². The van der Waals surface area contributed by atoms with Gasteiger partial charge in [0.15, 0.2) is 0 Å². The van der Waals surface area contributed by atoms with Gasteiger partial charge in [0, 0.05) is 36.1 Å². The number of piperidine rings is 1. The SMILES string of the molecule is COC(=O)c1cccc(CN2CCCC(C(=O)NC(C(=O)N[C@@H](CCCCN)C(=O)OC(C)(C)C)[C@@H](C)c3c[nH]c4ccccc34)C2)c1. The van der Waals surface area contributed by atoms with Crippen LogP contribution < -0.4 is 16.4 Å². The molecule has 2 unspecified atom stereocenters. The highest BCUT2D eigenvalue weighted by atomic mass is 16.6. The number of esters is 2. The smallest absolute Gasteiger partial charge is 0.337 e. The van der Waals surface area contributed by atoms with E-state index in [0.29, 0.717) is 50.9 Å². The van der Waals surface area contributed by atoms with Gasteiger partial charge in [-0.05, 0) is 95.3 Å². The van der Waals surface area contributed by atoms with Crippen molar-refractivity contribution in [3.05, 3.63) is 71.4 Å². The number of carbonyl (C=O) groups excluding carboxylic acids is 4. The van der Waals surface area contributed by atoms with Gasteiger partial charge in [-0.15, -0.1) is 0 Å². The zero-order valence-corrected chi connectivity index (χ0v) is 28.8. The van der Waals surface area contributed by atoms with E-state index in [-0.39, 0.29) is 11.8 Å². The summed E-state index contributed by atoms with van der Waals surface area (Å²) in [6.45, 7) is 9.63. The van der Waals surface area contributed by atoms with Crippen LogP contribution in [0.5, 0.6) is 0 Å². The summed E-state index contributed by atoms with van der Waals surface area (Å²) >= 11 is 0. The maximum atomic E-state index is 14.1. The monoisotopic (exact) mass is 661 g/mol. The fourth-order valence-electron chi connectivity index (χ4n) is 6.30. The maximum absolute atomic E-state index is 14.1. The Kier molecular flexibility index (Phi) is 12.8. The van der Waals surface area contributed by atoms with E-state index in [0.717, 1.165) is 35.0 Å². The highest BCUT2D eigenvalue weighted by Crippen LogP contribution is 2.29. The van der Waals surface area contributed by atoms with Gasteiger partial charge in [-0.3, -0.25) is 14.5 Å². The molecule has 260 valence electrons. The number of amides is 2. The summed E-state index contributed by atoms with van der Waals surface area (Å²) in [4.78, 5) is 58.8. The van der Waals surface area contributed by atoms with Crippen LogP contribution in [0.15, 0.2) is 54.7 Å². The minimum atomic E-state index is -0.955. The maximum Gasteiger partial charge on any atom is 0.337 e. The summed E-state index contributed by atoms with van der Waals surface area (Å²) in [5.74, 6) is -2.34. The first-order valence-corrected chi connectivity index (χ1v) is 16.9. The molecule has 1 aromatic heterocycles. The second-order valence-corrected chi connectivity index (χ2v) is 13.7. The van der Waals surface area contributed by atoms with Gasteiger partial charge in [-0.2, -0.15) is 0 Å². The number of methoxy groups -OCH3 is 1. The molecule has 5 N–H and O–H groups in total. The third-order valence-corrected chi connectivity index (χ3v) is 8.78. The molecule has 0 saturated carbocycles. The number of rotatable bonds is 14. The van der Waals surface area contributed by atoms with Gasteiger partial charge in [0.05, 0.1) is 18.6 Å². The molecular weight excluding hydrogens is 610 g/mol. The molecule has 2 aromatic carbocycles. The van der Waals surface area contributed by atoms with Crippen LogP contribution in [0.1, 0.15) is 87.2 Å². The van der Waals surface area contributed by atoms with Gasteiger partial charge in [0.1, 0.15) is 17.7 Å². The Morgan fingerprint density at radius 3 is 2.56 bits per heavy atom. The van der Waals surface area contributed by atoms with Crippen LogP contribution in [0.25, 0.3) is 10.9 Å². The quantitative estimate of drug-likeness (QED) is 0.146. The van der Waals surface area contributed by atoms with Gasteiger partial charge in [-0.1, -0.05) is 37.3 Å². The Morgan fingerprint density at radius 2 is 1.83 bits per heavy atom. The van der Waals surface area contributed by atoms with E-state index in [9.17, 15) is 19.2 Å². The van der Waals surface area contributed by atoms with Crippen molar-refractivity contribution in [2.45, 2.75) is 89.9 Å². The summed E-state index contributed by atoms with van der Waals surface area (Å²) in [6.07, 6.45) is 5.07. The Balaban J connectivity index is 1.54. The summed E-state index contributed by atoms with van der Waals surface area (Å²) in [6, 6.07) is 13.3. The predicted molar refractivity (Wildman–Crippen MR) is 185 cm³/mol. The van der Waals surface area contributed by atoms with Crippen molar-refractivity contribution >= 4 is 34.7 Å². The van der Waals surface area contributed by atoms with E-state index in [2.05, 4.69) is 20.5 Å². The number of nitrogens with zero attached hydrogens (tertiary/aromatic N) is 1. The molecule has 1 saturated heterocycles. The number of hydrogen-bond donors (Lipinski definition) is 4. The Labute approximate surface area is 283 Å². The molecule has 0 bridgehead atoms. The normalized spacial score (nSPS) is 17.2. The van der Waals surface area contributed by atoms with Crippen LogP contribution in [0.4, 0.5) is 0 Å². The highest BCUT2D eigenvalue weighted by molar-refractivity contribution is 5.93. The molecule has 11 heteroatoms. The third-order valence-electron chi connectivity index (χ3n) is 8.78. The molecule has 0 radical (unpaired) electrons. The molecule has 1 fully saturated rings. The highest BCUT2D eigenvalue weighted by Gasteiger charge is 2.36. The number of para-hydroxylation sites is 1. The second-order valence-electron chi connectivity index (χ2n) is 13.7. The number of aromatic nitrogens is 1. The lowest BCUT2D eigenvalue weighted by atomic mass is 9.90. The van der Waals surface area contributed by atoms with E-state index < -0.39 is 41.4 Å². The Morgan fingerprint density at radius 1 is 1.06 bits per heavy atom. The van der Waals surface area contributed by atoms with E-state index in [1.165, 1.54) is 7.11 Å². The lowest BCUT2D eigenvalue weighted by Crippen LogP contribution is -2.56. The molecule has 3 aromatic rings. The first-order valence-electron chi connectivity index (χ1n) is 16.9. The van der Waals surface area contributed by atoms with Crippen LogP contribution in [0.3, 0.4) is 0 Å². The van der Waals surface area contributed by atoms with Crippen molar-refractivity contribution in [1.29, 1.82) is 0 Å². The molecule has 2 amide bonds. The van der Waals surface area contributed by atoms with E-state index in [1.807, 2.05) is 55.6 Å². The lowest BCUT2D eigenvalue weighted by molar-refractivity contribution is -0.159. The van der Waals surface area contributed by atoms with E-state index in [1.54, 1.807) is 26.8 Å². The number of ether oxygens (including phenoxy) is 2. The van der Waals surface area contributed by atoms with Crippen LogP contribution in [-0.2, 0) is 30.4 Å². The molecule has 1 aliphatic heterocycles. The van der Waals surface area contributed by atoms with Crippen LogP contribution in [-0.4, -0.2) is 78.1 Å². The van der Waals surface area contributed by atoms with Gasteiger partial charge in [-0.25, -0.2) is 9.59 Å². The number of carbonyl (C=O) groups is 4. The number of H-pyrrole nitrogens is 1. The van der Waals surface area contributed by atoms with Crippen molar-refractivity contribution in [1.82, 2.24) is 20.5 Å². The van der Waals surface area contributed by atoms with E-state index in [4.69, 9.17) is 15.2 Å². The molecule has 11 nitrogen and oxygen atoms in total. The first-order chi connectivity index (χ1) is 22.9. The predicted octanol–water partition coefficient (Wildman–Crippen LogP) is 4.41. The number of aromatic amines is 1. The number of nitrogens with two attached hydrogens (primary N) is 1. The number of benzene rings is 2. The molecule has 1 aliphatic rings. The molecule has 0 spiro atoms. The van der Waals surface area contributed by atoms with Gasteiger partial charge >= 0.3 is 11.9 Å². The standard InChI is InChI=1S/C37H51N5O6/c1-24(29-21-39-30-16-7-6-15-28(29)30)32(34(44)40-31(17-8-9-18-38)36(46)48-37(2,3)4)41-33(43)27-14-11-19-42(23-27)22-25-12-10-13-26(20-25)35(45)47-5/h6-7,10,12-13,15-16,20-21,24,27,31-32,39H,8-9,11,14,17-19,22-23,38H2,1-5H3,(H,40,44)(H,41,43)/t24-,27?,31-,32?/m0/s1. The molecular formula is C37H51N5O6. The van der Waals surface area contributed by atoms with E-state index >= 15 is 0 Å². The molecule has 2 heterocycles. The van der Waals surface area contributed by atoms with Gasteiger partial charge in [0.2, 0.25) is 11.8 Å². The van der Waals surface area contributed by atoms with Crippen LogP contribution in [0.2, 0.25) is 0 Å². The zero-order valence-electron chi connectivity index (χ0n) is 28.8. The van der Waals surface area contributed by atoms with Crippen molar-refractivity contribution in [2.75, 3.05) is 26.7 Å².